The molecule has 1 amide bonds. The molecule has 0 radical (unpaired) electrons. The maximum atomic E-state index is 11.5. The third kappa shape index (κ3) is 3.60. The van der Waals surface area contributed by atoms with E-state index in [4.69, 9.17) is 11.6 Å². The molecule has 1 aromatic carbocycles. The van der Waals surface area contributed by atoms with Crippen molar-refractivity contribution in [2.24, 2.45) is 5.18 Å². The van der Waals surface area contributed by atoms with Gasteiger partial charge in [-0.2, -0.15) is 4.91 Å². The number of benzene rings is 1. The molecule has 4 nitrogen and oxygen atoms in total. The highest BCUT2D eigenvalue weighted by Gasteiger charge is 2.09. The maximum absolute atomic E-state index is 11.5. The summed E-state index contributed by atoms with van der Waals surface area (Å²) >= 11 is 9.08. The van der Waals surface area contributed by atoms with Crippen molar-refractivity contribution in [1.29, 1.82) is 0 Å². The van der Waals surface area contributed by atoms with Crippen LogP contribution in [0.5, 0.6) is 0 Å². The molecule has 1 N–H and O–H groups in total. The average molecular weight is 292 g/mol. The normalized spacial score (nSPS) is 9.73. The van der Waals surface area contributed by atoms with Crippen molar-refractivity contribution >= 4 is 33.4 Å². The number of carbonyl (C=O) groups is 1. The minimum atomic E-state index is -0.315. The Morgan fingerprint density at radius 3 is 2.93 bits per heavy atom. The van der Waals surface area contributed by atoms with Crippen molar-refractivity contribution in [3.8, 4) is 0 Å². The number of carbonyl (C=O) groups excluding carboxylic acids is 1. The van der Waals surface area contributed by atoms with E-state index in [1.807, 2.05) is 0 Å². The van der Waals surface area contributed by atoms with Crippen LogP contribution in [0.4, 0.5) is 0 Å². The van der Waals surface area contributed by atoms with Crippen LogP contribution < -0.4 is 5.32 Å². The van der Waals surface area contributed by atoms with Crippen LogP contribution in [0.15, 0.2) is 27.8 Å². The molecule has 0 saturated carbocycles. The third-order valence-electron chi connectivity index (χ3n) is 1.66. The molecule has 0 aliphatic carbocycles. The molecule has 0 atom stereocenters. The number of nitroso groups, excluding NO2 is 1. The lowest BCUT2D eigenvalue weighted by Gasteiger charge is -2.05. The molecule has 80 valence electrons. The highest BCUT2D eigenvalue weighted by molar-refractivity contribution is 9.10. The van der Waals surface area contributed by atoms with Crippen molar-refractivity contribution in [3.63, 3.8) is 0 Å². The Morgan fingerprint density at radius 1 is 1.53 bits per heavy atom. The zero-order valence-corrected chi connectivity index (χ0v) is 10.0. The van der Waals surface area contributed by atoms with Crippen molar-refractivity contribution in [2.75, 3.05) is 13.1 Å². The number of nitrogens with one attached hydrogen (secondary N) is 1. The van der Waals surface area contributed by atoms with E-state index in [2.05, 4.69) is 26.4 Å². The first-order valence-corrected chi connectivity index (χ1v) is 5.34. The van der Waals surface area contributed by atoms with Gasteiger partial charge in [-0.25, -0.2) is 0 Å². The molecule has 0 fully saturated rings. The van der Waals surface area contributed by atoms with Crippen molar-refractivity contribution in [1.82, 2.24) is 5.32 Å². The molecule has 15 heavy (non-hydrogen) atoms. The number of amides is 1. The third-order valence-corrected chi connectivity index (χ3v) is 2.48. The van der Waals surface area contributed by atoms with Crippen LogP contribution in [0.1, 0.15) is 10.4 Å². The highest BCUT2D eigenvalue weighted by Crippen LogP contribution is 2.20. The van der Waals surface area contributed by atoms with Crippen LogP contribution in [0, 0.1) is 4.91 Å². The van der Waals surface area contributed by atoms with Gasteiger partial charge >= 0.3 is 0 Å². The fraction of sp³-hybridized carbons (Fsp3) is 0.222. The summed E-state index contributed by atoms with van der Waals surface area (Å²) < 4.78 is 0.769. The number of rotatable bonds is 4. The average Bonchev–Trinajstić information content (AvgIpc) is 2.22. The Hall–Kier alpha value is -0.940. The first-order chi connectivity index (χ1) is 7.15. The van der Waals surface area contributed by atoms with Crippen LogP contribution in [-0.4, -0.2) is 19.0 Å². The standard InChI is InChI=1S/C9H8BrClN2O2/c10-6-1-2-8(11)7(5-6)9(14)12-3-4-13-15/h1-2,5H,3-4H2,(H,12,14). The summed E-state index contributed by atoms with van der Waals surface area (Å²) in [5, 5.41) is 5.53. The predicted molar refractivity (Wildman–Crippen MR) is 62.1 cm³/mol. The molecule has 0 aliphatic rings. The topological polar surface area (TPSA) is 58.5 Å². The smallest absolute Gasteiger partial charge is 0.252 e. The maximum Gasteiger partial charge on any atom is 0.252 e. The number of nitrogens with zero attached hydrogens (tertiary/aromatic N) is 1. The summed E-state index contributed by atoms with van der Waals surface area (Å²) in [6.45, 7) is 0.266. The second kappa shape index (κ2) is 5.82. The van der Waals surface area contributed by atoms with Gasteiger partial charge in [0, 0.05) is 11.0 Å². The van der Waals surface area contributed by atoms with E-state index in [-0.39, 0.29) is 19.0 Å². The lowest BCUT2D eigenvalue weighted by Crippen LogP contribution is -2.26. The van der Waals surface area contributed by atoms with Crippen LogP contribution in [-0.2, 0) is 0 Å². The lowest BCUT2D eigenvalue weighted by molar-refractivity contribution is 0.0955. The van der Waals surface area contributed by atoms with Crippen molar-refractivity contribution in [3.05, 3.63) is 38.2 Å². The number of halogens is 2. The van der Waals surface area contributed by atoms with E-state index in [1.54, 1.807) is 18.2 Å². The molecule has 1 rings (SSSR count). The van der Waals surface area contributed by atoms with Gasteiger partial charge in [-0.1, -0.05) is 32.7 Å². The summed E-state index contributed by atoms with van der Waals surface area (Å²) in [7, 11) is 0. The van der Waals surface area contributed by atoms with Gasteiger partial charge in [0.1, 0.15) is 0 Å². The van der Waals surface area contributed by atoms with Crippen molar-refractivity contribution < 1.29 is 4.79 Å². The Labute approximate surface area is 100 Å². The first kappa shape index (κ1) is 12.1. The quantitative estimate of drug-likeness (QED) is 0.685. The molecular formula is C9H8BrClN2O2. The Bertz CT molecular complexity index is 384. The molecule has 6 heteroatoms. The van der Waals surface area contributed by atoms with Gasteiger partial charge in [0.2, 0.25) is 0 Å². The molecule has 0 aliphatic heterocycles. The molecule has 0 spiro atoms. The summed E-state index contributed by atoms with van der Waals surface area (Å²) in [6, 6.07) is 4.98. The second-order valence-corrected chi connectivity index (χ2v) is 4.06. The zero-order chi connectivity index (χ0) is 11.3. The Morgan fingerprint density at radius 2 is 2.27 bits per heavy atom. The molecule has 0 unspecified atom stereocenters. The predicted octanol–water partition coefficient (Wildman–Crippen LogP) is 2.60. The van der Waals surface area contributed by atoms with E-state index in [0.717, 1.165) is 4.47 Å². The lowest BCUT2D eigenvalue weighted by atomic mass is 10.2. The summed E-state index contributed by atoms with van der Waals surface area (Å²) in [4.78, 5) is 21.3. The molecule has 0 bridgehead atoms. The summed E-state index contributed by atoms with van der Waals surface area (Å²) in [5.74, 6) is -0.315. The van der Waals surface area contributed by atoms with Gasteiger partial charge in [0.25, 0.3) is 5.91 Å². The minimum Gasteiger partial charge on any atom is -0.350 e. The van der Waals surface area contributed by atoms with Gasteiger partial charge in [-0.3, -0.25) is 4.79 Å². The van der Waals surface area contributed by atoms with Crippen LogP contribution in [0.25, 0.3) is 0 Å². The van der Waals surface area contributed by atoms with E-state index in [9.17, 15) is 9.70 Å². The molecule has 1 aromatic rings. The highest BCUT2D eigenvalue weighted by atomic mass is 79.9. The van der Waals surface area contributed by atoms with E-state index >= 15 is 0 Å². The molecule has 0 saturated heterocycles. The van der Waals surface area contributed by atoms with Crippen LogP contribution in [0.3, 0.4) is 0 Å². The Balaban J connectivity index is 2.72. The van der Waals surface area contributed by atoms with Gasteiger partial charge in [-0.15, -0.1) is 0 Å². The van der Waals surface area contributed by atoms with Crippen LogP contribution in [0.2, 0.25) is 5.02 Å². The zero-order valence-electron chi connectivity index (χ0n) is 7.67. The van der Waals surface area contributed by atoms with Crippen molar-refractivity contribution in [2.45, 2.75) is 0 Å². The summed E-state index contributed by atoms with van der Waals surface area (Å²) in [6.07, 6.45) is 0. The minimum absolute atomic E-state index is 0.0529. The van der Waals surface area contributed by atoms with Gasteiger partial charge < -0.3 is 5.32 Å². The van der Waals surface area contributed by atoms with E-state index in [1.165, 1.54) is 0 Å². The molecule has 0 aromatic heterocycles. The van der Waals surface area contributed by atoms with Gasteiger partial charge in [0.15, 0.2) is 0 Å². The SMILES string of the molecule is O=NCCNC(=O)c1cc(Br)ccc1Cl. The van der Waals surface area contributed by atoms with E-state index in [0.29, 0.717) is 10.6 Å². The van der Waals surface area contributed by atoms with Gasteiger partial charge in [-0.05, 0) is 18.2 Å². The number of hydrogen-bond acceptors (Lipinski definition) is 3. The Kier molecular flexibility index (Phi) is 4.71. The second-order valence-electron chi connectivity index (χ2n) is 2.73. The van der Waals surface area contributed by atoms with Crippen LogP contribution >= 0.6 is 27.5 Å². The molecular weight excluding hydrogens is 283 g/mol. The largest absolute Gasteiger partial charge is 0.350 e. The fourth-order valence-electron chi connectivity index (χ4n) is 0.982. The number of hydrogen-bond donors (Lipinski definition) is 1. The monoisotopic (exact) mass is 290 g/mol. The molecule has 0 heterocycles. The van der Waals surface area contributed by atoms with Gasteiger partial charge in [0.05, 0.1) is 17.1 Å². The van der Waals surface area contributed by atoms with E-state index < -0.39 is 0 Å². The first-order valence-electron chi connectivity index (χ1n) is 4.17. The fourth-order valence-corrected chi connectivity index (χ4v) is 1.55. The summed E-state index contributed by atoms with van der Waals surface area (Å²) in [5.41, 5.74) is 0.372.